The fourth-order valence-electron chi connectivity index (χ4n) is 5.61. The molecule has 238 valence electrons. The minimum absolute atomic E-state index is 0.0121. The lowest BCUT2D eigenvalue weighted by molar-refractivity contribution is -0.118. The summed E-state index contributed by atoms with van der Waals surface area (Å²) in [5.74, 6) is -0.417. The lowest BCUT2D eigenvalue weighted by Crippen LogP contribution is -2.23. The standard InChI is InChI=1S/C36H36FN3O6/c1-20(2)32(40-19-26(13-14-38-22(4)41)39-35(40)24-10-9-21(3)30(37)17-24)34-29(16-23-7-6-8-27(15-23)45-5)33(42)28-12-11-25(36(43)44)18-31(28)46-34/h6-12,15,17-20,32H,13-14,16H2,1-5H3,(H,38,41)(H,43,44). The summed E-state index contributed by atoms with van der Waals surface area (Å²) in [5, 5.41) is 12.7. The number of carbonyl (C=O) groups is 2. The van der Waals surface area contributed by atoms with Gasteiger partial charge >= 0.3 is 5.97 Å². The van der Waals surface area contributed by atoms with Gasteiger partial charge in [0.15, 0.2) is 5.43 Å². The zero-order chi connectivity index (χ0) is 33.1. The summed E-state index contributed by atoms with van der Waals surface area (Å²) in [4.78, 5) is 42.5. The summed E-state index contributed by atoms with van der Waals surface area (Å²) in [7, 11) is 1.57. The summed E-state index contributed by atoms with van der Waals surface area (Å²) < 4.78 is 28.7. The molecule has 1 atom stereocenters. The third-order valence-electron chi connectivity index (χ3n) is 7.95. The summed E-state index contributed by atoms with van der Waals surface area (Å²) >= 11 is 0. The van der Waals surface area contributed by atoms with Crippen LogP contribution in [0.5, 0.6) is 5.75 Å². The zero-order valence-corrected chi connectivity index (χ0v) is 26.4. The summed E-state index contributed by atoms with van der Waals surface area (Å²) in [6.07, 6.45) is 2.47. The zero-order valence-electron chi connectivity index (χ0n) is 26.4. The molecule has 0 saturated carbocycles. The van der Waals surface area contributed by atoms with E-state index in [2.05, 4.69) is 5.32 Å². The Balaban J connectivity index is 1.77. The number of amides is 1. The number of nitrogens with one attached hydrogen (secondary N) is 1. The molecule has 0 radical (unpaired) electrons. The van der Waals surface area contributed by atoms with Crippen LogP contribution < -0.4 is 15.5 Å². The van der Waals surface area contributed by atoms with Crippen LogP contribution in [0.3, 0.4) is 0 Å². The van der Waals surface area contributed by atoms with Crippen molar-refractivity contribution in [2.45, 2.75) is 46.6 Å². The quantitative estimate of drug-likeness (QED) is 0.176. The topological polar surface area (TPSA) is 124 Å². The number of carboxylic acid groups (broad SMARTS) is 1. The SMILES string of the molecule is COc1cccc(Cc2c(C(C(C)C)n3cc(CCNC(C)=O)nc3-c3ccc(C)c(F)c3)oc3cc(C(=O)O)ccc3c2=O)c1. The maximum absolute atomic E-state index is 14.9. The van der Waals surface area contributed by atoms with E-state index in [1.54, 1.807) is 26.2 Å². The molecule has 0 aliphatic rings. The molecule has 2 N–H and O–H groups in total. The van der Waals surface area contributed by atoms with Gasteiger partial charge < -0.3 is 24.1 Å². The van der Waals surface area contributed by atoms with E-state index in [1.807, 2.05) is 48.9 Å². The maximum Gasteiger partial charge on any atom is 0.335 e. The molecule has 0 spiro atoms. The van der Waals surface area contributed by atoms with Gasteiger partial charge in [0.1, 0.15) is 28.7 Å². The Kier molecular flexibility index (Phi) is 9.36. The second-order valence-corrected chi connectivity index (χ2v) is 11.7. The lowest BCUT2D eigenvalue weighted by Gasteiger charge is -2.26. The van der Waals surface area contributed by atoms with Gasteiger partial charge in [0.25, 0.3) is 0 Å². The lowest BCUT2D eigenvalue weighted by atomic mass is 9.92. The molecule has 0 fully saturated rings. The predicted molar refractivity (Wildman–Crippen MR) is 173 cm³/mol. The molecule has 9 nitrogen and oxygen atoms in total. The molecule has 5 aromatic rings. The largest absolute Gasteiger partial charge is 0.497 e. The molecule has 3 aromatic carbocycles. The van der Waals surface area contributed by atoms with Crippen molar-refractivity contribution in [3.05, 3.63) is 117 Å². The van der Waals surface area contributed by atoms with Gasteiger partial charge in [-0.1, -0.05) is 38.1 Å². The monoisotopic (exact) mass is 625 g/mol. The molecule has 5 rings (SSSR count). The van der Waals surface area contributed by atoms with E-state index in [0.29, 0.717) is 52.7 Å². The minimum atomic E-state index is -1.14. The first-order chi connectivity index (χ1) is 22.0. The van der Waals surface area contributed by atoms with Crippen molar-refractivity contribution in [3.63, 3.8) is 0 Å². The van der Waals surface area contributed by atoms with Gasteiger partial charge in [-0.15, -0.1) is 0 Å². The van der Waals surface area contributed by atoms with Crippen LogP contribution in [0.25, 0.3) is 22.4 Å². The van der Waals surface area contributed by atoms with Gasteiger partial charge in [-0.3, -0.25) is 9.59 Å². The number of fused-ring (bicyclic) bond motifs is 1. The number of nitrogens with zero attached hydrogens (tertiary/aromatic N) is 2. The van der Waals surface area contributed by atoms with Crippen LogP contribution >= 0.6 is 0 Å². The second-order valence-electron chi connectivity index (χ2n) is 11.7. The number of carboxylic acids is 1. The highest BCUT2D eigenvalue weighted by Crippen LogP contribution is 2.36. The van der Waals surface area contributed by atoms with Gasteiger partial charge in [-0.2, -0.15) is 0 Å². The Labute approximate surface area is 265 Å². The third kappa shape index (κ3) is 6.71. The van der Waals surface area contributed by atoms with E-state index in [4.69, 9.17) is 14.1 Å². The summed E-state index contributed by atoms with van der Waals surface area (Å²) in [5.41, 5.74) is 2.75. The van der Waals surface area contributed by atoms with Crippen LogP contribution in [0.1, 0.15) is 65.3 Å². The van der Waals surface area contributed by atoms with Crippen LogP contribution in [-0.2, 0) is 17.6 Å². The molecule has 10 heteroatoms. The number of imidazole rings is 1. The molecule has 46 heavy (non-hydrogen) atoms. The number of aromatic nitrogens is 2. The first-order valence-electron chi connectivity index (χ1n) is 15.0. The average molecular weight is 626 g/mol. The van der Waals surface area contributed by atoms with Gasteiger partial charge in [0.05, 0.1) is 29.8 Å². The highest BCUT2D eigenvalue weighted by molar-refractivity contribution is 5.92. The van der Waals surface area contributed by atoms with Crippen molar-refractivity contribution in [1.82, 2.24) is 14.9 Å². The van der Waals surface area contributed by atoms with Crippen molar-refractivity contribution < 1.29 is 28.2 Å². The Morgan fingerprint density at radius 1 is 1.11 bits per heavy atom. The van der Waals surface area contributed by atoms with Crippen molar-refractivity contribution in [1.29, 1.82) is 0 Å². The summed E-state index contributed by atoms with van der Waals surface area (Å²) in [6.45, 7) is 7.43. The number of methoxy groups -OCH3 is 1. The van der Waals surface area contributed by atoms with Crippen LogP contribution in [0.15, 0.2) is 76.1 Å². The van der Waals surface area contributed by atoms with Crippen molar-refractivity contribution >= 4 is 22.8 Å². The molecule has 0 aliphatic carbocycles. The Bertz CT molecular complexity index is 1990. The summed E-state index contributed by atoms with van der Waals surface area (Å²) in [6, 6.07) is 15.9. The molecule has 1 amide bonds. The van der Waals surface area contributed by atoms with Crippen LogP contribution in [0, 0.1) is 18.7 Å². The number of aryl methyl sites for hydroxylation is 1. The van der Waals surface area contributed by atoms with Crippen LogP contribution in [0.4, 0.5) is 4.39 Å². The Hall–Kier alpha value is -5.25. The van der Waals surface area contributed by atoms with Crippen molar-refractivity contribution in [2.24, 2.45) is 5.92 Å². The smallest absolute Gasteiger partial charge is 0.335 e. The number of ether oxygens (including phenoxy) is 1. The Morgan fingerprint density at radius 3 is 2.57 bits per heavy atom. The van der Waals surface area contributed by atoms with Gasteiger partial charge in [-0.05, 0) is 60.4 Å². The fraction of sp³-hybridized carbons (Fsp3) is 0.278. The van der Waals surface area contributed by atoms with E-state index in [-0.39, 0.29) is 46.0 Å². The number of hydrogen-bond donors (Lipinski definition) is 2. The van der Waals surface area contributed by atoms with Gasteiger partial charge in [-0.25, -0.2) is 14.2 Å². The van der Waals surface area contributed by atoms with Gasteiger partial charge in [0, 0.05) is 43.6 Å². The van der Waals surface area contributed by atoms with E-state index in [0.717, 1.165) is 5.56 Å². The maximum atomic E-state index is 14.9. The minimum Gasteiger partial charge on any atom is -0.497 e. The van der Waals surface area contributed by atoms with E-state index >= 15 is 0 Å². The molecule has 2 aromatic heterocycles. The highest BCUT2D eigenvalue weighted by atomic mass is 19.1. The van der Waals surface area contributed by atoms with E-state index in [9.17, 15) is 23.9 Å². The number of aromatic carboxylic acids is 1. The number of benzene rings is 3. The number of hydrogen-bond acceptors (Lipinski definition) is 6. The molecule has 0 bridgehead atoms. The first-order valence-corrected chi connectivity index (χ1v) is 15.0. The molecule has 0 aliphatic heterocycles. The first kappa shape index (κ1) is 32.2. The number of halogens is 1. The Morgan fingerprint density at radius 2 is 1.89 bits per heavy atom. The highest BCUT2D eigenvalue weighted by Gasteiger charge is 2.30. The van der Waals surface area contributed by atoms with E-state index < -0.39 is 12.0 Å². The number of rotatable bonds is 11. The van der Waals surface area contributed by atoms with Crippen molar-refractivity contribution in [3.8, 4) is 17.1 Å². The fourth-order valence-corrected chi connectivity index (χ4v) is 5.61. The predicted octanol–water partition coefficient (Wildman–Crippen LogP) is 6.33. The molecule has 2 heterocycles. The molecular weight excluding hydrogens is 589 g/mol. The van der Waals surface area contributed by atoms with Crippen molar-refractivity contribution in [2.75, 3.05) is 13.7 Å². The van der Waals surface area contributed by atoms with Crippen LogP contribution in [0.2, 0.25) is 0 Å². The molecule has 0 saturated heterocycles. The molecule has 1 unspecified atom stereocenters. The normalized spacial score (nSPS) is 12.0. The van der Waals surface area contributed by atoms with E-state index in [1.165, 1.54) is 31.2 Å². The average Bonchev–Trinajstić information content (AvgIpc) is 3.43. The molecular formula is C36H36FN3O6. The third-order valence-corrected chi connectivity index (χ3v) is 7.95. The number of carbonyl (C=O) groups excluding carboxylic acids is 1. The van der Waals surface area contributed by atoms with Crippen LogP contribution in [-0.4, -0.2) is 40.2 Å². The second kappa shape index (κ2) is 13.4. The van der Waals surface area contributed by atoms with Gasteiger partial charge in [0.2, 0.25) is 5.91 Å².